The summed E-state index contributed by atoms with van der Waals surface area (Å²) in [5, 5.41) is 2.96. The maximum absolute atomic E-state index is 14.5. The molecule has 0 aliphatic rings. The average Bonchev–Trinajstić information content (AvgIpc) is 3.06. The van der Waals surface area contributed by atoms with Crippen LogP contribution in [0.5, 0.6) is 5.75 Å². The normalized spacial score (nSPS) is 11.8. The average molecular weight is 693 g/mol. The number of hydrogen-bond acceptors (Lipinski definition) is 5. The number of benzene rings is 4. The number of anilines is 1. The fourth-order valence-corrected chi connectivity index (χ4v) is 6.59. The molecule has 2 amide bonds. The molecule has 0 aliphatic heterocycles. The third-order valence-electron chi connectivity index (χ3n) is 7.13. The van der Waals surface area contributed by atoms with Crippen LogP contribution in [0.2, 0.25) is 0 Å². The number of para-hydroxylation sites is 2. The Morgan fingerprint density at radius 1 is 0.822 bits per heavy atom. The summed E-state index contributed by atoms with van der Waals surface area (Å²) >= 11 is 3.46. The van der Waals surface area contributed by atoms with E-state index in [0.29, 0.717) is 18.9 Å². The maximum Gasteiger partial charge on any atom is 0.264 e. The molecule has 0 aliphatic carbocycles. The Labute approximate surface area is 274 Å². The first-order valence-corrected chi connectivity index (χ1v) is 17.1. The van der Waals surface area contributed by atoms with Gasteiger partial charge in [0, 0.05) is 24.0 Å². The van der Waals surface area contributed by atoms with Gasteiger partial charge in [0.2, 0.25) is 11.8 Å². The zero-order chi connectivity index (χ0) is 32.2. The molecule has 0 spiro atoms. The van der Waals surface area contributed by atoms with Crippen LogP contribution < -0.4 is 14.4 Å². The SMILES string of the molecule is CCCNC(=O)[C@@H](Cc1ccccc1)N(Cc1ccc(Br)cc1)C(=O)CN(c1ccccc1OCC)S(=O)(=O)c1ccccc1. The van der Waals surface area contributed by atoms with Crippen molar-refractivity contribution in [1.29, 1.82) is 0 Å². The van der Waals surface area contributed by atoms with E-state index in [9.17, 15) is 18.0 Å². The number of nitrogens with one attached hydrogen (secondary N) is 1. The van der Waals surface area contributed by atoms with Gasteiger partial charge in [-0.05, 0) is 60.9 Å². The van der Waals surface area contributed by atoms with E-state index >= 15 is 0 Å². The van der Waals surface area contributed by atoms with Crippen LogP contribution in [0.15, 0.2) is 119 Å². The number of nitrogens with zero attached hydrogens (tertiary/aromatic N) is 2. The highest BCUT2D eigenvalue weighted by Gasteiger charge is 2.35. The maximum atomic E-state index is 14.5. The van der Waals surface area contributed by atoms with Gasteiger partial charge in [-0.3, -0.25) is 13.9 Å². The first-order chi connectivity index (χ1) is 21.7. The summed E-state index contributed by atoms with van der Waals surface area (Å²) < 4.78 is 36.1. The summed E-state index contributed by atoms with van der Waals surface area (Å²) in [4.78, 5) is 29.8. The van der Waals surface area contributed by atoms with Crippen molar-refractivity contribution in [2.45, 2.75) is 44.2 Å². The Balaban J connectivity index is 1.82. The van der Waals surface area contributed by atoms with Crippen LogP contribution in [0.3, 0.4) is 0 Å². The molecule has 0 radical (unpaired) electrons. The zero-order valence-electron chi connectivity index (χ0n) is 25.4. The highest BCUT2D eigenvalue weighted by molar-refractivity contribution is 9.10. The molecule has 236 valence electrons. The largest absolute Gasteiger partial charge is 0.492 e. The molecule has 1 N–H and O–H groups in total. The monoisotopic (exact) mass is 691 g/mol. The second-order valence-electron chi connectivity index (χ2n) is 10.4. The minimum absolute atomic E-state index is 0.0325. The van der Waals surface area contributed by atoms with Crippen molar-refractivity contribution >= 4 is 43.5 Å². The van der Waals surface area contributed by atoms with Gasteiger partial charge in [-0.2, -0.15) is 0 Å². The Hall–Kier alpha value is -4.15. The molecular formula is C35H38BrN3O5S. The number of halogens is 1. The molecular weight excluding hydrogens is 654 g/mol. The number of ether oxygens (including phenoxy) is 1. The summed E-state index contributed by atoms with van der Waals surface area (Å²) in [5.74, 6) is -0.511. The highest BCUT2D eigenvalue weighted by atomic mass is 79.9. The third-order valence-corrected chi connectivity index (χ3v) is 9.43. The van der Waals surface area contributed by atoms with Crippen LogP contribution >= 0.6 is 15.9 Å². The summed E-state index contributed by atoms with van der Waals surface area (Å²) in [6, 6.07) is 30.8. The Kier molecular flexibility index (Phi) is 12.2. The van der Waals surface area contributed by atoms with Crippen LogP contribution in [0.25, 0.3) is 0 Å². The van der Waals surface area contributed by atoms with E-state index in [1.807, 2.05) is 61.5 Å². The molecule has 0 fully saturated rings. The fourth-order valence-electron chi connectivity index (χ4n) is 4.88. The number of rotatable bonds is 15. The molecule has 0 heterocycles. The lowest BCUT2D eigenvalue weighted by Gasteiger charge is -2.34. The standard InChI is InChI=1S/C35H38BrN3O5S/c1-3-23-37-35(41)32(24-27-13-7-5-8-14-27)38(25-28-19-21-29(36)22-20-28)34(40)26-39(31-17-11-12-18-33(31)44-4-2)45(42,43)30-15-9-6-10-16-30/h5-22,32H,3-4,23-26H2,1-2H3,(H,37,41)/t32-/m1/s1. The van der Waals surface area contributed by atoms with E-state index in [1.165, 1.54) is 17.0 Å². The molecule has 10 heteroatoms. The lowest BCUT2D eigenvalue weighted by molar-refractivity contribution is -0.140. The van der Waals surface area contributed by atoms with Crippen molar-refractivity contribution in [3.8, 4) is 5.75 Å². The summed E-state index contributed by atoms with van der Waals surface area (Å²) in [5.41, 5.74) is 1.90. The molecule has 4 aromatic carbocycles. The van der Waals surface area contributed by atoms with E-state index in [0.717, 1.165) is 26.3 Å². The second kappa shape index (κ2) is 16.2. The third kappa shape index (κ3) is 8.95. The smallest absolute Gasteiger partial charge is 0.264 e. The number of carbonyl (C=O) groups is 2. The predicted octanol–water partition coefficient (Wildman–Crippen LogP) is 6.21. The van der Waals surface area contributed by atoms with E-state index in [-0.39, 0.29) is 29.5 Å². The predicted molar refractivity (Wildman–Crippen MR) is 181 cm³/mol. The van der Waals surface area contributed by atoms with Crippen molar-refractivity contribution < 1.29 is 22.7 Å². The van der Waals surface area contributed by atoms with Gasteiger partial charge in [0.25, 0.3) is 10.0 Å². The van der Waals surface area contributed by atoms with Gasteiger partial charge in [0.1, 0.15) is 18.3 Å². The second-order valence-corrected chi connectivity index (χ2v) is 13.1. The zero-order valence-corrected chi connectivity index (χ0v) is 27.8. The van der Waals surface area contributed by atoms with Crippen molar-refractivity contribution in [2.75, 3.05) is 24.0 Å². The van der Waals surface area contributed by atoms with Crippen LogP contribution in [0.1, 0.15) is 31.4 Å². The Morgan fingerprint density at radius 2 is 1.44 bits per heavy atom. The van der Waals surface area contributed by atoms with Crippen molar-refractivity contribution in [1.82, 2.24) is 10.2 Å². The van der Waals surface area contributed by atoms with Crippen LogP contribution in [-0.2, 0) is 32.6 Å². The molecule has 1 atom stereocenters. The number of amides is 2. The topological polar surface area (TPSA) is 96.0 Å². The Morgan fingerprint density at radius 3 is 2.09 bits per heavy atom. The summed E-state index contributed by atoms with van der Waals surface area (Å²) in [6.07, 6.45) is 0.974. The molecule has 0 aromatic heterocycles. The van der Waals surface area contributed by atoms with Crippen molar-refractivity contribution in [2.24, 2.45) is 0 Å². The molecule has 4 aromatic rings. The molecule has 45 heavy (non-hydrogen) atoms. The van der Waals surface area contributed by atoms with Crippen LogP contribution in [0, 0.1) is 0 Å². The lowest BCUT2D eigenvalue weighted by Crippen LogP contribution is -2.53. The van der Waals surface area contributed by atoms with Crippen molar-refractivity contribution in [3.05, 3.63) is 125 Å². The van der Waals surface area contributed by atoms with E-state index in [4.69, 9.17) is 4.74 Å². The van der Waals surface area contributed by atoms with Gasteiger partial charge in [0.05, 0.1) is 17.2 Å². The summed E-state index contributed by atoms with van der Waals surface area (Å²) in [7, 11) is -4.22. The van der Waals surface area contributed by atoms with Crippen LogP contribution in [0.4, 0.5) is 5.69 Å². The van der Waals surface area contributed by atoms with Gasteiger partial charge in [0.15, 0.2) is 0 Å². The molecule has 0 bridgehead atoms. The van der Waals surface area contributed by atoms with E-state index in [2.05, 4.69) is 21.2 Å². The summed E-state index contributed by atoms with van der Waals surface area (Å²) in [6.45, 7) is 4.05. The first-order valence-electron chi connectivity index (χ1n) is 14.9. The molecule has 8 nitrogen and oxygen atoms in total. The molecule has 4 rings (SSSR count). The minimum Gasteiger partial charge on any atom is -0.492 e. The van der Waals surface area contributed by atoms with Crippen molar-refractivity contribution in [3.63, 3.8) is 0 Å². The lowest BCUT2D eigenvalue weighted by atomic mass is 10.0. The van der Waals surface area contributed by atoms with Gasteiger partial charge in [-0.25, -0.2) is 8.42 Å². The van der Waals surface area contributed by atoms with Gasteiger partial charge < -0.3 is 15.0 Å². The number of sulfonamides is 1. The Bertz CT molecular complexity index is 1650. The first kappa shape index (κ1) is 33.7. The fraction of sp³-hybridized carbons (Fsp3) is 0.257. The number of carbonyl (C=O) groups excluding carboxylic acids is 2. The highest BCUT2D eigenvalue weighted by Crippen LogP contribution is 2.33. The van der Waals surface area contributed by atoms with Gasteiger partial charge in [-0.15, -0.1) is 0 Å². The van der Waals surface area contributed by atoms with E-state index < -0.39 is 28.5 Å². The van der Waals surface area contributed by atoms with Gasteiger partial charge >= 0.3 is 0 Å². The molecule has 0 saturated heterocycles. The van der Waals surface area contributed by atoms with Gasteiger partial charge in [-0.1, -0.05) is 95.7 Å². The van der Waals surface area contributed by atoms with E-state index in [1.54, 1.807) is 49.4 Å². The molecule has 0 unspecified atom stereocenters. The quantitative estimate of drug-likeness (QED) is 0.160. The molecule has 0 saturated carbocycles. The number of hydrogen-bond donors (Lipinski definition) is 1. The minimum atomic E-state index is -4.22. The van der Waals surface area contributed by atoms with Crippen LogP contribution in [-0.4, -0.2) is 50.9 Å².